The Kier molecular flexibility index (Phi) is 4.20. The van der Waals surface area contributed by atoms with Crippen LogP contribution in [0.25, 0.3) is 0 Å². The fourth-order valence-electron chi connectivity index (χ4n) is 3.34. The maximum Gasteiger partial charge on any atom is 0.241 e. The quantitative estimate of drug-likeness (QED) is 0.750. The second kappa shape index (κ2) is 6.67. The van der Waals surface area contributed by atoms with Crippen LogP contribution in [-0.4, -0.2) is 21.4 Å². The van der Waals surface area contributed by atoms with Gasteiger partial charge in [0.05, 0.1) is 18.7 Å². The Balaban J connectivity index is 1.69. The largest absolute Gasteiger partial charge is 0.494 e. The molecule has 7 heteroatoms. The van der Waals surface area contributed by atoms with E-state index in [1.165, 1.54) is 12.1 Å². The lowest BCUT2D eigenvalue weighted by atomic mass is 9.93. The smallest absolute Gasteiger partial charge is 0.241 e. The first-order valence-electron chi connectivity index (χ1n) is 8.61. The molecular weight excluding hydrogens is 333 g/mol. The van der Waals surface area contributed by atoms with Gasteiger partial charge in [0.2, 0.25) is 11.9 Å². The summed E-state index contributed by atoms with van der Waals surface area (Å²) in [6.45, 7) is 2.58. The summed E-state index contributed by atoms with van der Waals surface area (Å²) in [5, 5.41) is 7.69. The molecule has 3 N–H and O–H groups in total. The van der Waals surface area contributed by atoms with E-state index in [1.807, 2.05) is 35.9 Å². The Morgan fingerprint density at radius 2 is 1.85 bits per heavy atom. The molecule has 0 aliphatic carbocycles. The molecule has 26 heavy (non-hydrogen) atoms. The van der Waals surface area contributed by atoms with Crippen LogP contribution in [0.5, 0.6) is 5.75 Å². The third-order valence-electron chi connectivity index (χ3n) is 4.55. The summed E-state index contributed by atoms with van der Waals surface area (Å²) in [4.78, 5) is 4.29. The molecule has 1 aromatic heterocycles. The van der Waals surface area contributed by atoms with E-state index in [-0.39, 0.29) is 23.8 Å². The van der Waals surface area contributed by atoms with Crippen molar-refractivity contribution < 1.29 is 9.13 Å². The van der Waals surface area contributed by atoms with Gasteiger partial charge in [0.15, 0.2) is 0 Å². The van der Waals surface area contributed by atoms with Gasteiger partial charge in [-0.2, -0.15) is 4.98 Å². The molecule has 2 heterocycles. The number of rotatable bonds is 4. The van der Waals surface area contributed by atoms with Crippen molar-refractivity contribution in [3.8, 4) is 5.75 Å². The fourth-order valence-corrected chi connectivity index (χ4v) is 3.34. The van der Waals surface area contributed by atoms with Crippen LogP contribution in [0, 0.1) is 5.82 Å². The molecule has 3 aromatic rings. The van der Waals surface area contributed by atoms with Crippen molar-refractivity contribution in [2.75, 3.05) is 17.7 Å². The zero-order valence-electron chi connectivity index (χ0n) is 14.4. The third-order valence-corrected chi connectivity index (χ3v) is 4.55. The van der Waals surface area contributed by atoms with Crippen LogP contribution in [0.15, 0.2) is 48.5 Å². The molecule has 6 nitrogen and oxygen atoms in total. The molecular formula is C19H20FN5O. The first kappa shape index (κ1) is 16.4. The lowest BCUT2D eigenvalue weighted by molar-refractivity contribution is 0.340. The molecule has 0 unspecified atom stereocenters. The van der Waals surface area contributed by atoms with Gasteiger partial charge in [-0.25, -0.2) is 9.07 Å². The standard InChI is InChI=1S/C19H20FN5O/c1-2-26-15-9-5-13(6-10-15)17-11-16(12-3-7-14(20)8-4-12)22-19-23-18(21)24-25(17)19/h3-10,16-17H,2,11H2,1H3,(H3,21,22,23,24)/t16-,17-/m0/s1. The number of hydrogen-bond donors (Lipinski definition) is 2. The molecule has 0 amide bonds. The van der Waals surface area contributed by atoms with Crippen molar-refractivity contribution in [3.63, 3.8) is 0 Å². The normalized spacial score (nSPS) is 18.8. The number of nitrogens with one attached hydrogen (secondary N) is 1. The predicted octanol–water partition coefficient (Wildman–Crippen LogP) is 3.54. The molecule has 0 bridgehead atoms. The van der Waals surface area contributed by atoms with Gasteiger partial charge in [-0.3, -0.25) is 0 Å². The summed E-state index contributed by atoms with van der Waals surface area (Å²) in [6, 6.07) is 14.4. The van der Waals surface area contributed by atoms with Crippen LogP contribution in [-0.2, 0) is 0 Å². The van der Waals surface area contributed by atoms with Crippen molar-refractivity contribution in [1.82, 2.24) is 14.8 Å². The third kappa shape index (κ3) is 3.08. The summed E-state index contributed by atoms with van der Waals surface area (Å²) >= 11 is 0. The minimum atomic E-state index is -0.250. The van der Waals surface area contributed by atoms with E-state index in [0.29, 0.717) is 12.6 Å². The number of hydrogen-bond acceptors (Lipinski definition) is 5. The summed E-state index contributed by atoms with van der Waals surface area (Å²) in [5.74, 6) is 1.42. The van der Waals surface area contributed by atoms with Crippen molar-refractivity contribution in [2.45, 2.75) is 25.4 Å². The Hall–Kier alpha value is -3.09. The SMILES string of the molecule is CCOc1ccc([C@@H]2C[C@@H](c3ccc(F)cc3)Nc3nc(N)nn32)cc1. The molecule has 0 radical (unpaired) electrons. The number of nitrogens with two attached hydrogens (primary N) is 1. The number of nitrogen functional groups attached to an aromatic ring is 1. The van der Waals surface area contributed by atoms with E-state index in [4.69, 9.17) is 10.5 Å². The molecule has 0 fully saturated rings. The molecule has 4 rings (SSSR count). The van der Waals surface area contributed by atoms with Crippen molar-refractivity contribution in [2.24, 2.45) is 0 Å². The predicted molar refractivity (Wildman–Crippen MR) is 97.6 cm³/mol. The van der Waals surface area contributed by atoms with Gasteiger partial charge in [0, 0.05) is 0 Å². The van der Waals surface area contributed by atoms with E-state index in [2.05, 4.69) is 15.4 Å². The number of anilines is 2. The number of benzene rings is 2. The van der Waals surface area contributed by atoms with E-state index < -0.39 is 0 Å². The summed E-state index contributed by atoms with van der Waals surface area (Å²) in [6.07, 6.45) is 0.745. The second-order valence-corrected chi connectivity index (χ2v) is 6.24. The zero-order chi connectivity index (χ0) is 18.1. The summed E-state index contributed by atoms with van der Waals surface area (Å²) < 4.78 is 20.6. The highest BCUT2D eigenvalue weighted by atomic mass is 19.1. The first-order chi connectivity index (χ1) is 12.6. The van der Waals surface area contributed by atoms with Gasteiger partial charge < -0.3 is 15.8 Å². The Morgan fingerprint density at radius 3 is 2.54 bits per heavy atom. The molecule has 1 aliphatic heterocycles. The molecule has 0 saturated heterocycles. The van der Waals surface area contributed by atoms with Gasteiger partial charge in [0.1, 0.15) is 11.6 Å². The summed E-state index contributed by atoms with van der Waals surface area (Å²) in [5.41, 5.74) is 7.90. The average Bonchev–Trinajstić information content (AvgIpc) is 3.02. The number of ether oxygens (including phenoxy) is 1. The molecule has 2 atom stereocenters. The van der Waals surface area contributed by atoms with Crippen LogP contribution in [0.1, 0.15) is 36.6 Å². The van der Waals surface area contributed by atoms with Gasteiger partial charge in [0.25, 0.3) is 0 Å². The zero-order valence-corrected chi connectivity index (χ0v) is 14.4. The van der Waals surface area contributed by atoms with Gasteiger partial charge >= 0.3 is 0 Å². The topological polar surface area (TPSA) is 78.0 Å². The van der Waals surface area contributed by atoms with Crippen LogP contribution in [0.2, 0.25) is 0 Å². The highest BCUT2D eigenvalue weighted by Gasteiger charge is 2.30. The van der Waals surface area contributed by atoms with Gasteiger partial charge in [-0.1, -0.05) is 24.3 Å². The second-order valence-electron chi connectivity index (χ2n) is 6.24. The lowest BCUT2D eigenvalue weighted by Crippen LogP contribution is -2.28. The van der Waals surface area contributed by atoms with E-state index >= 15 is 0 Å². The minimum absolute atomic E-state index is 0.0109. The monoisotopic (exact) mass is 353 g/mol. The number of fused-ring (bicyclic) bond motifs is 1. The highest BCUT2D eigenvalue weighted by molar-refractivity contribution is 5.42. The van der Waals surface area contributed by atoms with Crippen LogP contribution in [0.4, 0.5) is 16.3 Å². The van der Waals surface area contributed by atoms with E-state index in [9.17, 15) is 4.39 Å². The summed E-state index contributed by atoms with van der Waals surface area (Å²) in [7, 11) is 0. The van der Waals surface area contributed by atoms with Crippen molar-refractivity contribution >= 4 is 11.9 Å². The van der Waals surface area contributed by atoms with Gasteiger partial charge in [-0.05, 0) is 48.7 Å². The van der Waals surface area contributed by atoms with Crippen molar-refractivity contribution in [3.05, 3.63) is 65.5 Å². The lowest BCUT2D eigenvalue weighted by Gasteiger charge is -2.31. The van der Waals surface area contributed by atoms with Crippen molar-refractivity contribution in [1.29, 1.82) is 0 Å². The highest BCUT2D eigenvalue weighted by Crippen LogP contribution is 2.38. The average molecular weight is 353 g/mol. The first-order valence-corrected chi connectivity index (χ1v) is 8.61. The molecule has 0 spiro atoms. The van der Waals surface area contributed by atoms with Crippen LogP contribution in [0.3, 0.4) is 0 Å². The maximum atomic E-state index is 13.3. The number of halogens is 1. The Morgan fingerprint density at radius 1 is 1.15 bits per heavy atom. The fraction of sp³-hybridized carbons (Fsp3) is 0.263. The minimum Gasteiger partial charge on any atom is -0.494 e. The van der Waals surface area contributed by atoms with Crippen LogP contribution < -0.4 is 15.8 Å². The number of aromatic nitrogens is 3. The maximum absolute atomic E-state index is 13.3. The Bertz CT molecular complexity index is 891. The Labute approximate surface area is 150 Å². The molecule has 0 saturated carbocycles. The van der Waals surface area contributed by atoms with Crippen LogP contribution >= 0.6 is 0 Å². The molecule has 1 aliphatic rings. The molecule has 2 aromatic carbocycles. The molecule has 134 valence electrons. The number of nitrogens with zero attached hydrogens (tertiary/aromatic N) is 3. The van der Waals surface area contributed by atoms with E-state index in [1.54, 1.807) is 12.1 Å². The van der Waals surface area contributed by atoms with Gasteiger partial charge in [-0.15, -0.1) is 5.10 Å². The van der Waals surface area contributed by atoms with E-state index in [0.717, 1.165) is 23.3 Å².